The number of anilines is 1. The summed E-state index contributed by atoms with van der Waals surface area (Å²) in [6, 6.07) is 18.6. The van der Waals surface area contributed by atoms with Crippen molar-refractivity contribution >= 4 is 48.9 Å². The molecule has 0 saturated heterocycles. The fourth-order valence-corrected chi connectivity index (χ4v) is 6.18. The Bertz CT molecular complexity index is 1100. The van der Waals surface area contributed by atoms with Gasteiger partial charge in [0.05, 0.1) is 3.79 Å². The molecule has 0 aliphatic carbocycles. The van der Waals surface area contributed by atoms with Gasteiger partial charge in [-0.05, 0) is 65.2 Å². The van der Waals surface area contributed by atoms with Crippen molar-refractivity contribution in [2.75, 3.05) is 11.4 Å². The summed E-state index contributed by atoms with van der Waals surface area (Å²) in [6.07, 6.45) is 0. The molecule has 0 spiro atoms. The smallest absolute Gasteiger partial charge is 0.251 e. The summed E-state index contributed by atoms with van der Waals surface area (Å²) in [5, 5.41) is 0. The summed E-state index contributed by atoms with van der Waals surface area (Å²) >= 11 is 4.38. The number of rotatable bonds is 7. The van der Waals surface area contributed by atoms with E-state index in [9.17, 15) is 13.2 Å². The monoisotopic (exact) mass is 492 g/mol. The molecule has 0 radical (unpaired) electrons. The number of nitrogens with one attached hydrogen (secondary N) is 1. The molecule has 1 unspecified atom stereocenters. The van der Waals surface area contributed by atoms with E-state index in [-0.39, 0.29) is 10.1 Å². The number of amides is 1. The molecule has 3 rings (SSSR count). The Morgan fingerprint density at radius 2 is 1.83 bits per heavy atom. The van der Waals surface area contributed by atoms with E-state index in [2.05, 4.69) is 20.7 Å². The molecule has 5 nitrogen and oxygen atoms in total. The summed E-state index contributed by atoms with van der Waals surface area (Å²) in [4.78, 5) is 15.1. The van der Waals surface area contributed by atoms with Crippen molar-refractivity contribution in [3.8, 4) is 0 Å². The van der Waals surface area contributed by atoms with Crippen LogP contribution in [-0.2, 0) is 14.8 Å². The lowest BCUT2D eigenvalue weighted by molar-refractivity contribution is -0.120. The van der Waals surface area contributed by atoms with E-state index in [0.29, 0.717) is 15.9 Å². The van der Waals surface area contributed by atoms with Crippen LogP contribution in [0.15, 0.2) is 74.7 Å². The number of halogens is 1. The average molecular weight is 493 g/mol. The van der Waals surface area contributed by atoms with E-state index >= 15 is 0 Å². The first kappa shape index (κ1) is 21.7. The number of carbonyl (C=O) groups excluding carboxylic acids is 1. The van der Waals surface area contributed by atoms with E-state index in [0.717, 1.165) is 22.6 Å². The number of carbonyl (C=O) groups is 1. The van der Waals surface area contributed by atoms with Crippen molar-refractivity contribution in [3.63, 3.8) is 0 Å². The Labute approximate surface area is 183 Å². The number of aryl methyl sites for hydroxylation is 1. The third kappa shape index (κ3) is 5.14. The van der Waals surface area contributed by atoms with Crippen molar-refractivity contribution in [1.29, 1.82) is 0 Å². The zero-order chi connectivity index (χ0) is 21.0. The fraction of sp³-hybridized carbons (Fsp3) is 0.190. The van der Waals surface area contributed by atoms with Crippen molar-refractivity contribution in [2.24, 2.45) is 0 Å². The van der Waals surface area contributed by atoms with Crippen LogP contribution in [-0.4, -0.2) is 20.9 Å². The number of hydrogen-bond donors (Lipinski definition) is 1. The maximum atomic E-state index is 13.5. The first-order valence-electron chi connectivity index (χ1n) is 9.02. The van der Waals surface area contributed by atoms with Gasteiger partial charge in [0, 0.05) is 12.2 Å². The van der Waals surface area contributed by atoms with Gasteiger partial charge in [-0.3, -0.25) is 4.79 Å². The lowest BCUT2D eigenvalue weighted by Gasteiger charge is -2.27. The molecular formula is C21H21BrN2O3S2. The summed E-state index contributed by atoms with van der Waals surface area (Å²) in [6.45, 7) is 4.24. The van der Waals surface area contributed by atoms with Crippen molar-refractivity contribution < 1.29 is 13.2 Å². The van der Waals surface area contributed by atoms with E-state index in [1.165, 1.54) is 6.07 Å². The molecule has 0 fully saturated rings. The Morgan fingerprint density at radius 3 is 2.41 bits per heavy atom. The quantitative estimate of drug-likeness (QED) is 0.510. The van der Waals surface area contributed by atoms with Gasteiger partial charge in [-0.1, -0.05) is 42.5 Å². The van der Waals surface area contributed by atoms with Crippen LogP contribution >= 0.6 is 27.3 Å². The first-order chi connectivity index (χ1) is 13.8. The van der Waals surface area contributed by atoms with Gasteiger partial charge in [-0.25, -0.2) is 8.42 Å². The summed E-state index contributed by atoms with van der Waals surface area (Å²) in [5.41, 5.74) is 2.34. The standard InChI is InChI=1S/C21H21BrN2O3S2/c1-3-24(17-11-7-8-15(2)14-17)21(25)20(16-9-5-4-6-10-16)23-29(26,27)19-13-12-18(22)28-19/h4-14,20,23H,3H2,1-2H3. The first-order valence-corrected chi connectivity index (χ1v) is 12.1. The molecule has 8 heteroatoms. The fourth-order valence-electron chi connectivity index (χ4n) is 2.98. The predicted octanol–water partition coefficient (Wildman–Crippen LogP) is 4.89. The van der Waals surface area contributed by atoms with Crippen LogP contribution in [0.5, 0.6) is 0 Å². The van der Waals surface area contributed by atoms with Crippen LogP contribution in [0.4, 0.5) is 5.69 Å². The molecule has 0 saturated carbocycles. The van der Waals surface area contributed by atoms with E-state index < -0.39 is 16.1 Å². The van der Waals surface area contributed by atoms with Crippen LogP contribution in [0.1, 0.15) is 24.1 Å². The zero-order valence-corrected chi connectivity index (χ0v) is 19.2. The molecule has 1 N–H and O–H groups in total. The Balaban J connectivity index is 2.00. The number of thiophene rings is 1. The molecule has 1 amide bonds. The lowest BCUT2D eigenvalue weighted by Crippen LogP contribution is -2.43. The van der Waals surface area contributed by atoms with Crippen LogP contribution in [0.3, 0.4) is 0 Å². The number of likely N-dealkylation sites (N-methyl/N-ethyl adjacent to an activating group) is 1. The van der Waals surface area contributed by atoms with Crippen molar-refractivity contribution in [2.45, 2.75) is 24.1 Å². The third-order valence-corrected chi connectivity index (χ3v) is 7.90. The van der Waals surface area contributed by atoms with Gasteiger partial charge in [0.1, 0.15) is 10.3 Å². The van der Waals surface area contributed by atoms with Gasteiger partial charge >= 0.3 is 0 Å². The zero-order valence-electron chi connectivity index (χ0n) is 16.0. The Kier molecular flexibility index (Phi) is 6.89. The Morgan fingerprint density at radius 1 is 1.10 bits per heavy atom. The molecule has 0 aliphatic heterocycles. The maximum Gasteiger partial charge on any atom is 0.251 e. The number of benzene rings is 2. The van der Waals surface area contributed by atoms with Gasteiger partial charge in [0.15, 0.2) is 0 Å². The normalized spacial score (nSPS) is 12.5. The second-order valence-corrected chi connectivity index (χ2v) is 10.8. The summed E-state index contributed by atoms with van der Waals surface area (Å²) in [7, 11) is -3.87. The minimum absolute atomic E-state index is 0.150. The van der Waals surface area contributed by atoms with Gasteiger partial charge in [0.25, 0.3) is 10.0 Å². The minimum Gasteiger partial charge on any atom is -0.311 e. The second kappa shape index (κ2) is 9.21. The van der Waals surface area contributed by atoms with Crippen LogP contribution in [0, 0.1) is 6.92 Å². The van der Waals surface area contributed by atoms with Crippen molar-refractivity contribution in [1.82, 2.24) is 4.72 Å². The molecule has 1 heterocycles. The third-order valence-electron chi connectivity index (χ3n) is 4.36. The van der Waals surface area contributed by atoms with E-state index in [1.807, 2.05) is 44.2 Å². The number of sulfonamides is 1. The highest BCUT2D eigenvalue weighted by Crippen LogP contribution is 2.29. The predicted molar refractivity (Wildman–Crippen MR) is 121 cm³/mol. The average Bonchev–Trinajstić information content (AvgIpc) is 3.15. The number of hydrogen-bond acceptors (Lipinski definition) is 4. The van der Waals surface area contributed by atoms with Crippen LogP contribution < -0.4 is 9.62 Å². The molecule has 1 aromatic heterocycles. The minimum atomic E-state index is -3.87. The largest absolute Gasteiger partial charge is 0.311 e. The molecule has 2 aromatic carbocycles. The molecule has 3 aromatic rings. The van der Waals surface area contributed by atoms with Crippen molar-refractivity contribution in [3.05, 3.63) is 81.6 Å². The Hall–Kier alpha value is -2.00. The van der Waals surface area contributed by atoms with Crippen LogP contribution in [0.2, 0.25) is 0 Å². The SMILES string of the molecule is CCN(C(=O)C(NS(=O)(=O)c1ccc(Br)s1)c1ccccc1)c1cccc(C)c1. The summed E-state index contributed by atoms with van der Waals surface area (Å²) < 4.78 is 29.3. The topological polar surface area (TPSA) is 66.5 Å². The maximum absolute atomic E-state index is 13.5. The molecule has 152 valence electrons. The summed E-state index contributed by atoms with van der Waals surface area (Å²) in [5.74, 6) is -0.330. The highest BCUT2D eigenvalue weighted by molar-refractivity contribution is 9.11. The second-order valence-electron chi connectivity index (χ2n) is 6.45. The van der Waals surface area contributed by atoms with Gasteiger partial charge in [0.2, 0.25) is 5.91 Å². The number of nitrogens with zero attached hydrogens (tertiary/aromatic N) is 1. The molecule has 1 atom stereocenters. The molecule has 29 heavy (non-hydrogen) atoms. The highest BCUT2D eigenvalue weighted by atomic mass is 79.9. The highest BCUT2D eigenvalue weighted by Gasteiger charge is 2.31. The van der Waals surface area contributed by atoms with Gasteiger partial charge in [-0.15, -0.1) is 11.3 Å². The van der Waals surface area contributed by atoms with E-state index in [4.69, 9.17) is 0 Å². The molecule has 0 bridgehead atoms. The van der Waals surface area contributed by atoms with E-state index in [1.54, 1.807) is 35.2 Å². The molecular weight excluding hydrogens is 472 g/mol. The molecule has 0 aliphatic rings. The van der Waals surface area contributed by atoms with Crippen LogP contribution in [0.25, 0.3) is 0 Å². The van der Waals surface area contributed by atoms with Gasteiger partial charge in [-0.2, -0.15) is 4.72 Å². The van der Waals surface area contributed by atoms with Gasteiger partial charge < -0.3 is 4.90 Å². The lowest BCUT2D eigenvalue weighted by atomic mass is 10.1.